The van der Waals surface area contributed by atoms with Crippen molar-refractivity contribution in [3.63, 3.8) is 0 Å². The molecule has 1 unspecified atom stereocenters. The minimum Gasteiger partial charge on any atom is -0.374 e. The highest BCUT2D eigenvalue weighted by molar-refractivity contribution is 7.91. The van der Waals surface area contributed by atoms with E-state index in [9.17, 15) is 18.3 Å². The van der Waals surface area contributed by atoms with Gasteiger partial charge in [-0.05, 0) is 35.9 Å². The van der Waals surface area contributed by atoms with Crippen molar-refractivity contribution in [2.24, 2.45) is 0 Å². The Labute approximate surface area is 167 Å². The standard InChI is InChI=1S/C18H16Cl2N2O4S/c1-2-27(25,26)11-18(24,13-4-6-14(19)7-5-13)17(23)22-15-8-3-12(10-21)16(20)9-15/h3-9,24H,2,11H2,1H3,(H,22,23). The first kappa shape index (κ1) is 21.2. The second-order valence-corrected chi connectivity index (χ2v) is 9.00. The maximum absolute atomic E-state index is 12.8. The van der Waals surface area contributed by atoms with E-state index in [1.807, 2.05) is 6.07 Å². The van der Waals surface area contributed by atoms with Crippen molar-refractivity contribution in [3.05, 3.63) is 63.6 Å². The van der Waals surface area contributed by atoms with Gasteiger partial charge in [-0.1, -0.05) is 42.3 Å². The summed E-state index contributed by atoms with van der Waals surface area (Å²) in [6, 6.07) is 11.7. The number of carbonyl (C=O) groups excluding carboxylic acids is 1. The molecule has 0 aromatic heterocycles. The Balaban J connectivity index is 2.43. The number of anilines is 1. The van der Waals surface area contributed by atoms with Gasteiger partial charge >= 0.3 is 0 Å². The number of hydrogen-bond acceptors (Lipinski definition) is 5. The predicted octanol–water partition coefficient (Wildman–Crippen LogP) is 3.13. The Hall–Kier alpha value is -2.11. The fourth-order valence-corrected chi connectivity index (χ4v) is 3.83. The van der Waals surface area contributed by atoms with Gasteiger partial charge in [0.15, 0.2) is 15.4 Å². The van der Waals surface area contributed by atoms with E-state index >= 15 is 0 Å². The van der Waals surface area contributed by atoms with Crippen molar-refractivity contribution >= 4 is 44.6 Å². The first-order valence-electron chi connectivity index (χ1n) is 7.81. The Morgan fingerprint density at radius 2 is 1.85 bits per heavy atom. The van der Waals surface area contributed by atoms with Crippen LogP contribution in [0.15, 0.2) is 42.5 Å². The maximum atomic E-state index is 12.8. The average Bonchev–Trinajstić information content (AvgIpc) is 2.62. The molecule has 0 spiro atoms. The molecule has 9 heteroatoms. The molecular formula is C18H16Cl2N2O4S. The Kier molecular flexibility index (Phi) is 6.50. The van der Waals surface area contributed by atoms with Crippen LogP contribution >= 0.6 is 23.2 Å². The van der Waals surface area contributed by atoms with Crippen molar-refractivity contribution in [3.8, 4) is 6.07 Å². The van der Waals surface area contributed by atoms with E-state index in [4.69, 9.17) is 28.5 Å². The average molecular weight is 427 g/mol. The molecule has 0 heterocycles. The van der Waals surface area contributed by atoms with Crippen LogP contribution in [0.1, 0.15) is 18.1 Å². The normalized spacial score (nSPS) is 13.4. The van der Waals surface area contributed by atoms with Crippen LogP contribution < -0.4 is 5.32 Å². The molecule has 0 saturated carbocycles. The zero-order valence-electron chi connectivity index (χ0n) is 14.2. The van der Waals surface area contributed by atoms with Crippen LogP contribution in [0.4, 0.5) is 5.69 Å². The molecule has 0 fully saturated rings. The van der Waals surface area contributed by atoms with Crippen LogP contribution in [0.3, 0.4) is 0 Å². The molecule has 2 aromatic rings. The lowest BCUT2D eigenvalue weighted by Gasteiger charge is -2.27. The molecule has 2 rings (SSSR count). The van der Waals surface area contributed by atoms with E-state index in [-0.39, 0.29) is 27.6 Å². The SMILES string of the molecule is CCS(=O)(=O)CC(O)(C(=O)Nc1ccc(C#N)c(Cl)c1)c1ccc(Cl)cc1. The number of aliphatic hydroxyl groups is 1. The summed E-state index contributed by atoms with van der Waals surface area (Å²) in [7, 11) is -3.70. The highest BCUT2D eigenvalue weighted by Gasteiger charge is 2.42. The van der Waals surface area contributed by atoms with Crippen molar-refractivity contribution in [1.82, 2.24) is 0 Å². The van der Waals surface area contributed by atoms with Gasteiger partial charge in [0.05, 0.1) is 16.3 Å². The van der Waals surface area contributed by atoms with Gasteiger partial charge < -0.3 is 10.4 Å². The molecule has 1 atom stereocenters. The molecule has 0 aliphatic rings. The van der Waals surface area contributed by atoms with Gasteiger partial charge in [0.1, 0.15) is 6.07 Å². The van der Waals surface area contributed by atoms with E-state index in [0.717, 1.165) is 0 Å². The van der Waals surface area contributed by atoms with Crippen LogP contribution in [0.25, 0.3) is 0 Å². The zero-order valence-corrected chi connectivity index (χ0v) is 16.6. The third-order valence-electron chi connectivity index (χ3n) is 3.91. The minimum atomic E-state index is -3.70. The number of carbonyl (C=O) groups is 1. The summed E-state index contributed by atoms with van der Waals surface area (Å²) >= 11 is 11.8. The molecule has 142 valence electrons. The number of benzene rings is 2. The third kappa shape index (κ3) is 4.99. The van der Waals surface area contributed by atoms with Gasteiger partial charge in [0.2, 0.25) is 0 Å². The van der Waals surface area contributed by atoms with Gasteiger partial charge in [-0.2, -0.15) is 5.26 Å². The van der Waals surface area contributed by atoms with Crippen molar-refractivity contribution in [2.45, 2.75) is 12.5 Å². The van der Waals surface area contributed by atoms with E-state index in [1.54, 1.807) is 0 Å². The summed E-state index contributed by atoms with van der Waals surface area (Å²) in [6.45, 7) is 1.43. The molecule has 6 nitrogen and oxygen atoms in total. The maximum Gasteiger partial charge on any atom is 0.262 e. The van der Waals surface area contributed by atoms with E-state index in [0.29, 0.717) is 5.02 Å². The largest absolute Gasteiger partial charge is 0.374 e. The van der Waals surface area contributed by atoms with Crippen LogP contribution in [0.5, 0.6) is 0 Å². The first-order chi connectivity index (χ1) is 12.6. The summed E-state index contributed by atoms with van der Waals surface area (Å²) < 4.78 is 24.3. The number of nitrogens with zero attached hydrogens (tertiary/aromatic N) is 1. The van der Waals surface area contributed by atoms with E-state index < -0.39 is 27.1 Å². The van der Waals surface area contributed by atoms with Gasteiger partial charge in [-0.15, -0.1) is 0 Å². The second-order valence-electron chi connectivity index (χ2n) is 5.80. The molecule has 27 heavy (non-hydrogen) atoms. The number of hydrogen-bond donors (Lipinski definition) is 2. The van der Waals surface area contributed by atoms with E-state index in [1.165, 1.54) is 49.4 Å². The summed E-state index contributed by atoms with van der Waals surface area (Å²) in [4.78, 5) is 12.8. The van der Waals surface area contributed by atoms with Crippen molar-refractivity contribution < 1.29 is 18.3 Å². The number of halogens is 2. The number of amides is 1. The van der Waals surface area contributed by atoms with Crippen LogP contribution in [-0.4, -0.2) is 30.9 Å². The summed E-state index contributed by atoms with van der Waals surface area (Å²) in [6.07, 6.45) is 0. The molecule has 0 aliphatic heterocycles. The lowest BCUT2D eigenvalue weighted by atomic mass is 9.94. The van der Waals surface area contributed by atoms with Crippen LogP contribution in [0.2, 0.25) is 10.0 Å². The molecule has 2 N–H and O–H groups in total. The lowest BCUT2D eigenvalue weighted by molar-refractivity contribution is -0.132. The third-order valence-corrected chi connectivity index (χ3v) is 6.22. The second kappa shape index (κ2) is 8.28. The monoisotopic (exact) mass is 426 g/mol. The smallest absolute Gasteiger partial charge is 0.262 e. The quantitative estimate of drug-likeness (QED) is 0.737. The fraction of sp³-hybridized carbons (Fsp3) is 0.222. The molecule has 0 bridgehead atoms. The molecular weight excluding hydrogens is 411 g/mol. The van der Waals surface area contributed by atoms with E-state index in [2.05, 4.69) is 5.32 Å². The van der Waals surface area contributed by atoms with Crippen LogP contribution in [0, 0.1) is 11.3 Å². The number of nitriles is 1. The number of sulfone groups is 1. The predicted molar refractivity (Wildman–Crippen MR) is 104 cm³/mol. The molecule has 0 saturated heterocycles. The highest BCUT2D eigenvalue weighted by atomic mass is 35.5. The molecule has 0 aliphatic carbocycles. The summed E-state index contributed by atoms with van der Waals surface area (Å²) in [5.74, 6) is -1.98. The Bertz CT molecular complexity index is 1000. The van der Waals surface area contributed by atoms with Gasteiger partial charge in [0, 0.05) is 16.5 Å². The van der Waals surface area contributed by atoms with Crippen molar-refractivity contribution in [1.29, 1.82) is 5.26 Å². The van der Waals surface area contributed by atoms with Crippen LogP contribution in [-0.2, 0) is 20.2 Å². The number of rotatable bonds is 6. The molecule has 2 aromatic carbocycles. The summed E-state index contributed by atoms with van der Waals surface area (Å²) in [5.41, 5.74) is -1.82. The Morgan fingerprint density at radius 3 is 2.37 bits per heavy atom. The Morgan fingerprint density at radius 1 is 1.22 bits per heavy atom. The van der Waals surface area contributed by atoms with Gasteiger partial charge in [-0.3, -0.25) is 4.79 Å². The zero-order chi connectivity index (χ0) is 20.2. The molecule has 1 amide bonds. The van der Waals surface area contributed by atoms with Crippen molar-refractivity contribution in [2.75, 3.05) is 16.8 Å². The first-order valence-corrected chi connectivity index (χ1v) is 10.4. The lowest BCUT2D eigenvalue weighted by Crippen LogP contribution is -2.46. The summed E-state index contributed by atoms with van der Waals surface area (Å²) in [5, 5.41) is 22.9. The topological polar surface area (TPSA) is 107 Å². The van der Waals surface area contributed by atoms with Gasteiger partial charge in [-0.25, -0.2) is 8.42 Å². The fourth-order valence-electron chi connectivity index (χ4n) is 2.34. The molecule has 0 radical (unpaired) electrons. The van der Waals surface area contributed by atoms with Gasteiger partial charge in [0.25, 0.3) is 5.91 Å². The minimum absolute atomic E-state index is 0.0844. The highest BCUT2D eigenvalue weighted by Crippen LogP contribution is 2.28. The number of nitrogens with one attached hydrogen (secondary N) is 1.